The van der Waals surface area contributed by atoms with Crippen molar-refractivity contribution in [2.75, 3.05) is 20.3 Å². The van der Waals surface area contributed by atoms with Gasteiger partial charge in [0.1, 0.15) is 6.04 Å². The lowest BCUT2D eigenvalue weighted by atomic mass is 9.86. The molecule has 3 aliphatic rings. The average Bonchev–Trinajstić information content (AvgIpc) is 3.37. The van der Waals surface area contributed by atoms with Gasteiger partial charge in [0.2, 0.25) is 18.6 Å². The number of ether oxygens (including phenoxy) is 2. The average molecular weight is 392 g/mol. The number of nitrogens with one attached hydrogen (secondary N) is 1. The Hall–Kier alpha value is -3.48. The highest BCUT2D eigenvalue weighted by Crippen LogP contribution is 2.44. The van der Waals surface area contributed by atoms with E-state index in [2.05, 4.69) is 4.98 Å². The molecule has 7 heteroatoms. The van der Waals surface area contributed by atoms with Crippen molar-refractivity contribution in [1.82, 2.24) is 14.8 Å². The molecule has 0 spiro atoms. The van der Waals surface area contributed by atoms with Crippen LogP contribution < -0.4 is 9.47 Å². The van der Waals surface area contributed by atoms with Crippen LogP contribution in [0.5, 0.6) is 11.5 Å². The van der Waals surface area contributed by atoms with E-state index in [-0.39, 0.29) is 13.2 Å². The quantitative estimate of drug-likeness (QED) is 0.689. The molecule has 3 aliphatic heterocycles. The van der Waals surface area contributed by atoms with Crippen LogP contribution in [0.2, 0.25) is 0 Å². The van der Waals surface area contributed by atoms with E-state index in [0.717, 1.165) is 27.7 Å². The predicted molar refractivity (Wildman–Crippen MR) is 105 cm³/mol. The fraction of sp³-hybridized carbons (Fsp3) is 0.273. The third-order valence-corrected chi connectivity index (χ3v) is 5.98. The fourth-order valence-electron chi connectivity index (χ4n) is 4.69. The SMILES string of the molecule is [2H]C([2H])([2H])N1CC(=O)N2C(Cc3c([nH]c4ccccc34)[C@H]2c2ccc3c(c2)OCO3)C1=O. The number of likely N-dealkylation sites (N-methyl/N-ethyl adjacent to an activating group) is 1. The highest BCUT2D eigenvalue weighted by atomic mass is 16.7. The molecule has 0 saturated carbocycles. The molecule has 1 unspecified atom stereocenters. The fourth-order valence-corrected chi connectivity index (χ4v) is 4.69. The molecular weight excluding hydrogens is 370 g/mol. The molecule has 2 atom stereocenters. The summed E-state index contributed by atoms with van der Waals surface area (Å²) >= 11 is 0. The van der Waals surface area contributed by atoms with E-state index in [9.17, 15) is 9.59 Å². The first-order valence-electron chi connectivity index (χ1n) is 10.9. The Bertz CT molecular complexity index is 1290. The molecule has 6 rings (SSSR count). The van der Waals surface area contributed by atoms with E-state index in [1.54, 1.807) is 6.07 Å². The Morgan fingerprint density at radius 3 is 2.90 bits per heavy atom. The van der Waals surface area contributed by atoms with E-state index in [4.69, 9.17) is 13.6 Å². The maximum absolute atomic E-state index is 13.3. The van der Waals surface area contributed by atoms with Crippen molar-refractivity contribution in [3.05, 3.63) is 59.3 Å². The largest absolute Gasteiger partial charge is 0.454 e. The normalized spacial score (nSPS) is 24.8. The minimum atomic E-state index is -2.67. The van der Waals surface area contributed by atoms with Gasteiger partial charge in [0.25, 0.3) is 0 Å². The first-order valence-corrected chi connectivity index (χ1v) is 9.44. The Morgan fingerprint density at radius 2 is 2.00 bits per heavy atom. The molecule has 29 heavy (non-hydrogen) atoms. The number of piperazine rings is 1. The molecule has 4 heterocycles. The maximum Gasteiger partial charge on any atom is 0.245 e. The summed E-state index contributed by atoms with van der Waals surface area (Å²) in [7, 11) is 0. The summed E-state index contributed by atoms with van der Waals surface area (Å²) in [5.41, 5.74) is 3.40. The topological polar surface area (TPSA) is 74.9 Å². The molecule has 146 valence electrons. The molecular formula is C22H19N3O4. The second kappa shape index (κ2) is 5.76. The number of para-hydroxylation sites is 1. The van der Waals surface area contributed by atoms with Crippen LogP contribution in [0.1, 0.15) is 27.0 Å². The van der Waals surface area contributed by atoms with E-state index in [1.165, 1.54) is 4.90 Å². The summed E-state index contributed by atoms with van der Waals surface area (Å²) in [6.45, 7) is -3.03. The molecule has 0 aliphatic carbocycles. The summed E-state index contributed by atoms with van der Waals surface area (Å²) in [6, 6.07) is 11.7. The number of H-pyrrole nitrogens is 1. The molecule has 1 N–H and O–H groups in total. The van der Waals surface area contributed by atoms with Gasteiger partial charge in [0.05, 0.1) is 12.6 Å². The van der Waals surface area contributed by atoms with Crippen LogP contribution in [0.4, 0.5) is 0 Å². The number of fused-ring (bicyclic) bond motifs is 5. The summed E-state index contributed by atoms with van der Waals surface area (Å²) in [6.07, 6.45) is 0.248. The van der Waals surface area contributed by atoms with Crippen molar-refractivity contribution in [2.24, 2.45) is 0 Å². The van der Waals surface area contributed by atoms with E-state index in [0.29, 0.717) is 16.4 Å². The van der Waals surface area contributed by atoms with Crippen LogP contribution in [0.3, 0.4) is 0 Å². The van der Waals surface area contributed by atoms with E-state index in [1.807, 2.05) is 36.4 Å². The number of aromatic amines is 1. The standard InChI is InChI=1S/C22H19N3O4/c1-24-10-19(26)25-16(22(24)27)9-14-13-4-2-3-5-15(13)23-20(14)21(25)12-6-7-17-18(8-12)29-11-28-17/h2-8,16,21,23H,9-11H2,1H3/t16?,21-/m1/s1/i1D3. The van der Waals surface area contributed by atoms with Gasteiger partial charge in [-0.1, -0.05) is 24.3 Å². The van der Waals surface area contributed by atoms with Gasteiger partial charge in [-0.15, -0.1) is 0 Å². The van der Waals surface area contributed by atoms with Crippen LogP contribution >= 0.6 is 0 Å². The van der Waals surface area contributed by atoms with Gasteiger partial charge < -0.3 is 24.3 Å². The second-order valence-corrected chi connectivity index (χ2v) is 7.52. The number of nitrogens with zero attached hydrogens (tertiary/aromatic N) is 2. The third-order valence-electron chi connectivity index (χ3n) is 5.98. The number of hydrogen-bond acceptors (Lipinski definition) is 4. The highest BCUT2D eigenvalue weighted by molar-refractivity contribution is 5.97. The van der Waals surface area contributed by atoms with E-state index >= 15 is 0 Å². The molecule has 2 amide bonds. The molecule has 1 fully saturated rings. The number of hydrogen-bond donors (Lipinski definition) is 1. The zero-order valence-corrected chi connectivity index (χ0v) is 15.3. The van der Waals surface area contributed by atoms with Crippen LogP contribution in [-0.2, 0) is 16.0 Å². The highest BCUT2D eigenvalue weighted by Gasteiger charge is 2.47. The van der Waals surface area contributed by atoms with Gasteiger partial charge >= 0.3 is 0 Å². The molecule has 0 radical (unpaired) electrons. The Labute approximate surface area is 171 Å². The third kappa shape index (κ3) is 2.24. The second-order valence-electron chi connectivity index (χ2n) is 7.52. The summed E-state index contributed by atoms with van der Waals surface area (Å²) in [5, 5.41) is 0.958. The minimum absolute atomic E-state index is 0.123. The van der Waals surface area contributed by atoms with Gasteiger partial charge in [0, 0.05) is 34.1 Å². The first-order chi connectivity index (χ1) is 15.3. The maximum atomic E-state index is 13.3. The Balaban J connectivity index is 1.55. The number of aromatic nitrogens is 1. The molecule has 2 aromatic carbocycles. The van der Waals surface area contributed by atoms with Crippen LogP contribution in [0.15, 0.2) is 42.5 Å². The Kier molecular flexibility index (Phi) is 2.71. The van der Waals surface area contributed by atoms with Crippen LogP contribution in [-0.4, -0.2) is 53.0 Å². The van der Waals surface area contributed by atoms with Crippen molar-refractivity contribution in [1.29, 1.82) is 0 Å². The van der Waals surface area contributed by atoms with E-state index < -0.39 is 37.4 Å². The van der Waals surface area contributed by atoms with Crippen molar-refractivity contribution in [2.45, 2.75) is 18.5 Å². The Morgan fingerprint density at radius 1 is 1.14 bits per heavy atom. The lowest BCUT2D eigenvalue weighted by Gasteiger charge is -2.46. The van der Waals surface area contributed by atoms with Crippen LogP contribution in [0, 0.1) is 0 Å². The van der Waals surface area contributed by atoms with Gasteiger partial charge in [-0.2, -0.15) is 0 Å². The zero-order valence-electron chi connectivity index (χ0n) is 18.3. The predicted octanol–water partition coefficient (Wildman–Crippen LogP) is 2.21. The number of benzene rings is 2. The molecule has 1 saturated heterocycles. The van der Waals surface area contributed by atoms with Gasteiger partial charge in [0.15, 0.2) is 11.5 Å². The van der Waals surface area contributed by atoms with Crippen molar-refractivity contribution < 1.29 is 23.2 Å². The zero-order chi connectivity index (χ0) is 22.2. The number of amides is 2. The lowest BCUT2D eigenvalue weighted by Crippen LogP contribution is -2.62. The van der Waals surface area contributed by atoms with Crippen molar-refractivity contribution in [3.63, 3.8) is 0 Å². The summed E-state index contributed by atoms with van der Waals surface area (Å²) < 4.78 is 34.1. The molecule has 1 aromatic heterocycles. The minimum Gasteiger partial charge on any atom is -0.454 e. The molecule has 3 aromatic rings. The summed E-state index contributed by atoms with van der Waals surface area (Å²) in [5.74, 6) is 0.221. The van der Waals surface area contributed by atoms with Gasteiger partial charge in [-0.25, -0.2) is 0 Å². The lowest BCUT2D eigenvalue weighted by molar-refractivity contribution is -0.157. The first kappa shape index (κ1) is 13.7. The van der Waals surface area contributed by atoms with Crippen LogP contribution in [0.25, 0.3) is 10.9 Å². The van der Waals surface area contributed by atoms with Gasteiger partial charge in [-0.3, -0.25) is 9.59 Å². The monoisotopic (exact) mass is 392 g/mol. The van der Waals surface area contributed by atoms with Crippen molar-refractivity contribution in [3.8, 4) is 11.5 Å². The number of carbonyl (C=O) groups is 2. The molecule has 7 nitrogen and oxygen atoms in total. The molecule has 0 bridgehead atoms. The summed E-state index contributed by atoms with van der Waals surface area (Å²) in [4.78, 5) is 32.3. The number of carbonyl (C=O) groups excluding carboxylic acids is 2. The smallest absolute Gasteiger partial charge is 0.245 e. The number of rotatable bonds is 1. The van der Waals surface area contributed by atoms with Crippen molar-refractivity contribution >= 4 is 22.7 Å². The van der Waals surface area contributed by atoms with Gasteiger partial charge in [-0.05, 0) is 29.3 Å².